The maximum absolute atomic E-state index is 12.4. The van der Waals surface area contributed by atoms with Crippen molar-refractivity contribution in [1.29, 1.82) is 0 Å². The second-order valence-electron chi connectivity index (χ2n) is 6.63. The molecule has 25 heavy (non-hydrogen) atoms. The lowest BCUT2D eigenvalue weighted by atomic mass is 9.78. The molecule has 7 nitrogen and oxygen atoms in total. The Morgan fingerprint density at radius 1 is 1.08 bits per heavy atom. The van der Waals surface area contributed by atoms with Crippen molar-refractivity contribution in [2.45, 2.75) is 50.5 Å². The summed E-state index contributed by atoms with van der Waals surface area (Å²) in [5.41, 5.74) is 0.447. The van der Waals surface area contributed by atoms with Crippen molar-refractivity contribution in [2.75, 3.05) is 5.32 Å². The van der Waals surface area contributed by atoms with Gasteiger partial charge in [0.2, 0.25) is 15.9 Å². The van der Waals surface area contributed by atoms with Gasteiger partial charge in [0.1, 0.15) is 0 Å². The number of carbonyl (C=O) groups is 2. The zero-order chi connectivity index (χ0) is 18.6. The molecule has 0 spiro atoms. The van der Waals surface area contributed by atoms with Gasteiger partial charge >= 0.3 is 5.97 Å². The molecule has 0 heterocycles. The smallest absolute Gasteiger partial charge is 0.307 e. The Kier molecular flexibility index (Phi) is 6.18. The average molecular weight is 368 g/mol. The fourth-order valence-electron chi connectivity index (χ4n) is 3.07. The molecule has 0 radical (unpaired) electrons. The summed E-state index contributed by atoms with van der Waals surface area (Å²) in [6, 6.07) is 5.62. The number of hydrogen-bond donors (Lipinski definition) is 3. The summed E-state index contributed by atoms with van der Waals surface area (Å²) in [6.45, 7) is 3.46. The molecule has 2 rings (SSSR count). The molecule has 1 aliphatic carbocycles. The van der Waals surface area contributed by atoms with Gasteiger partial charge in [0.05, 0.1) is 16.7 Å². The van der Waals surface area contributed by atoms with Crippen molar-refractivity contribution >= 4 is 27.6 Å². The molecule has 8 heteroatoms. The first kappa shape index (κ1) is 19.4. The van der Waals surface area contributed by atoms with Gasteiger partial charge in [0.25, 0.3) is 0 Å². The van der Waals surface area contributed by atoms with Crippen LogP contribution in [-0.2, 0) is 19.6 Å². The Morgan fingerprint density at radius 2 is 1.64 bits per heavy atom. The highest BCUT2D eigenvalue weighted by molar-refractivity contribution is 7.89. The number of sulfonamides is 1. The molecule has 0 unspecified atom stereocenters. The summed E-state index contributed by atoms with van der Waals surface area (Å²) in [6.07, 6.45) is 2.70. The highest BCUT2D eigenvalue weighted by Gasteiger charge is 2.35. The van der Waals surface area contributed by atoms with Crippen molar-refractivity contribution in [3.8, 4) is 0 Å². The summed E-state index contributed by atoms with van der Waals surface area (Å²) in [5.74, 6) is -2.50. The van der Waals surface area contributed by atoms with Crippen LogP contribution in [0.2, 0.25) is 0 Å². The summed E-state index contributed by atoms with van der Waals surface area (Å²) in [7, 11) is -3.59. The highest BCUT2D eigenvalue weighted by atomic mass is 32.2. The molecule has 1 amide bonds. The summed E-state index contributed by atoms with van der Waals surface area (Å²) >= 11 is 0. The van der Waals surface area contributed by atoms with Crippen LogP contribution in [-0.4, -0.2) is 31.4 Å². The Balaban J connectivity index is 2.08. The second kappa shape index (κ2) is 7.97. The molecule has 2 atom stereocenters. The van der Waals surface area contributed by atoms with E-state index in [4.69, 9.17) is 0 Å². The molecule has 1 saturated carbocycles. The molecule has 1 aromatic rings. The zero-order valence-electron chi connectivity index (χ0n) is 14.4. The molecule has 0 aliphatic heterocycles. The largest absolute Gasteiger partial charge is 0.481 e. The molecule has 138 valence electrons. The fraction of sp³-hybridized carbons (Fsp3) is 0.529. The maximum atomic E-state index is 12.4. The number of carboxylic acid groups (broad SMARTS) is 1. The SMILES string of the molecule is CC(C)NS(=O)(=O)c1ccc(NC(=O)[C@@H]2CCCC[C@H]2C(=O)O)cc1. The van der Waals surface area contributed by atoms with Crippen LogP contribution >= 0.6 is 0 Å². The number of carbonyl (C=O) groups excluding carboxylic acids is 1. The third-order valence-electron chi connectivity index (χ3n) is 4.24. The summed E-state index contributed by atoms with van der Waals surface area (Å²) < 4.78 is 26.6. The summed E-state index contributed by atoms with van der Waals surface area (Å²) in [4.78, 5) is 23.8. The number of amides is 1. The van der Waals surface area contributed by atoms with Crippen LogP contribution in [0, 0.1) is 11.8 Å². The average Bonchev–Trinajstić information content (AvgIpc) is 2.54. The van der Waals surface area contributed by atoms with E-state index in [1.165, 1.54) is 24.3 Å². The minimum Gasteiger partial charge on any atom is -0.481 e. The lowest BCUT2D eigenvalue weighted by molar-refractivity contribution is -0.147. The second-order valence-corrected chi connectivity index (χ2v) is 8.34. The van der Waals surface area contributed by atoms with E-state index in [0.717, 1.165) is 12.8 Å². The van der Waals surface area contributed by atoms with E-state index >= 15 is 0 Å². The molecule has 0 saturated heterocycles. The number of nitrogens with one attached hydrogen (secondary N) is 2. The number of carboxylic acids is 1. The van der Waals surface area contributed by atoms with E-state index in [-0.39, 0.29) is 16.8 Å². The maximum Gasteiger partial charge on any atom is 0.307 e. The molecule has 3 N–H and O–H groups in total. The van der Waals surface area contributed by atoms with Crippen LogP contribution in [0.5, 0.6) is 0 Å². The van der Waals surface area contributed by atoms with E-state index in [0.29, 0.717) is 18.5 Å². The molecule has 0 aromatic heterocycles. The quantitative estimate of drug-likeness (QED) is 0.712. The van der Waals surface area contributed by atoms with Gasteiger partial charge in [-0.05, 0) is 51.0 Å². The predicted molar refractivity (Wildman–Crippen MR) is 93.6 cm³/mol. The van der Waals surface area contributed by atoms with Crippen molar-refractivity contribution in [1.82, 2.24) is 4.72 Å². The first-order valence-corrected chi connectivity index (χ1v) is 9.85. The van der Waals surface area contributed by atoms with Gasteiger partial charge in [-0.1, -0.05) is 12.8 Å². The molecule has 0 bridgehead atoms. The minimum atomic E-state index is -3.59. The fourth-order valence-corrected chi connectivity index (χ4v) is 4.32. The van der Waals surface area contributed by atoms with E-state index in [9.17, 15) is 23.1 Å². The van der Waals surface area contributed by atoms with Gasteiger partial charge in [0, 0.05) is 11.7 Å². The van der Waals surface area contributed by atoms with E-state index in [1.807, 2.05) is 0 Å². The van der Waals surface area contributed by atoms with Crippen molar-refractivity contribution < 1.29 is 23.1 Å². The van der Waals surface area contributed by atoms with E-state index in [2.05, 4.69) is 10.0 Å². The number of hydrogen-bond acceptors (Lipinski definition) is 4. The highest BCUT2D eigenvalue weighted by Crippen LogP contribution is 2.31. The third kappa shape index (κ3) is 5.02. The van der Waals surface area contributed by atoms with Crippen molar-refractivity contribution in [3.05, 3.63) is 24.3 Å². The van der Waals surface area contributed by atoms with Gasteiger partial charge in [0.15, 0.2) is 0 Å². The Labute approximate surface area is 147 Å². The lowest BCUT2D eigenvalue weighted by Crippen LogP contribution is -2.36. The van der Waals surface area contributed by atoms with Crippen molar-refractivity contribution in [3.63, 3.8) is 0 Å². The summed E-state index contributed by atoms with van der Waals surface area (Å²) in [5, 5.41) is 12.0. The first-order chi connectivity index (χ1) is 11.7. The molecule has 1 fully saturated rings. The van der Waals surface area contributed by atoms with Gasteiger partial charge in [-0.25, -0.2) is 13.1 Å². The number of aliphatic carboxylic acids is 1. The zero-order valence-corrected chi connectivity index (χ0v) is 15.2. The number of benzene rings is 1. The Morgan fingerprint density at radius 3 is 2.16 bits per heavy atom. The molecular weight excluding hydrogens is 344 g/mol. The Hall–Kier alpha value is -1.93. The van der Waals surface area contributed by atoms with Crippen LogP contribution in [0.15, 0.2) is 29.2 Å². The van der Waals surface area contributed by atoms with Gasteiger partial charge in [-0.15, -0.1) is 0 Å². The van der Waals surface area contributed by atoms with E-state index in [1.54, 1.807) is 13.8 Å². The van der Waals surface area contributed by atoms with Crippen LogP contribution in [0.3, 0.4) is 0 Å². The topological polar surface area (TPSA) is 113 Å². The lowest BCUT2D eigenvalue weighted by Gasteiger charge is -2.27. The number of rotatable bonds is 6. The van der Waals surface area contributed by atoms with Gasteiger partial charge in [-0.3, -0.25) is 9.59 Å². The van der Waals surface area contributed by atoms with Gasteiger partial charge in [-0.2, -0.15) is 0 Å². The minimum absolute atomic E-state index is 0.111. The normalized spacial score (nSPS) is 21.1. The Bertz CT molecular complexity index is 728. The molecule has 1 aromatic carbocycles. The van der Waals surface area contributed by atoms with Crippen LogP contribution < -0.4 is 10.0 Å². The predicted octanol–water partition coefficient (Wildman–Crippen LogP) is 2.20. The van der Waals surface area contributed by atoms with Crippen LogP contribution in [0.4, 0.5) is 5.69 Å². The monoisotopic (exact) mass is 368 g/mol. The number of anilines is 1. The van der Waals surface area contributed by atoms with E-state index < -0.39 is 27.8 Å². The third-order valence-corrected chi connectivity index (χ3v) is 5.92. The first-order valence-electron chi connectivity index (χ1n) is 8.37. The molecular formula is C17H24N2O5S. The standard InChI is InChI=1S/C17H24N2O5S/c1-11(2)19-25(23,24)13-9-7-12(8-10-13)18-16(20)14-5-3-4-6-15(14)17(21)22/h7-11,14-15,19H,3-6H2,1-2H3,(H,18,20)(H,21,22)/t14-,15-/m1/s1. The van der Waals surface area contributed by atoms with Crippen molar-refractivity contribution in [2.24, 2.45) is 11.8 Å². The van der Waals surface area contributed by atoms with Crippen LogP contribution in [0.25, 0.3) is 0 Å². The van der Waals surface area contributed by atoms with Crippen LogP contribution in [0.1, 0.15) is 39.5 Å². The van der Waals surface area contributed by atoms with Gasteiger partial charge < -0.3 is 10.4 Å². The molecule has 1 aliphatic rings.